The molecular weight excluding hydrogens is 422 g/mol. The molecule has 30 heavy (non-hydrogen) atoms. The van der Waals surface area contributed by atoms with Crippen molar-refractivity contribution in [3.63, 3.8) is 0 Å². The summed E-state index contributed by atoms with van der Waals surface area (Å²) in [4.78, 5) is 24.6. The summed E-state index contributed by atoms with van der Waals surface area (Å²) in [5, 5.41) is 23.5. The number of hydrogen-bond acceptors (Lipinski definition) is 8. The summed E-state index contributed by atoms with van der Waals surface area (Å²) in [6, 6.07) is 5.80. The number of hydrogen-bond donors (Lipinski definition) is 2. The minimum atomic E-state index is -0.198. The first kappa shape index (κ1) is 21.9. The molecule has 0 unspecified atom stereocenters. The van der Waals surface area contributed by atoms with E-state index in [1.165, 1.54) is 23.1 Å². The van der Waals surface area contributed by atoms with E-state index in [0.717, 1.165) is 21.8 Å². The van der Waals surface area contributed by atoms with Crippen LogP contribution in [-0.4, -0.2) is 42.5 Å². The zero-order valence-corrected chi connectivity index (χ0v) is 18.9. The van der Waals surface area contributed by atoms with Crippen molar-refractivity contribution < 1.29 is 9.59 Å². The monoisotopic (exact) mass is 445 g/mol. The highest BCUT2D eigenvalue weighted by molar-refractivity contribution is 7.99. The smallest absolute Gasteiger partial charge is 0.236 e. The summed E-state index contributed by atoms with van der Waals surface area (Å²) >= 11 is 2.58. The molecule has 2 aromatic heterocycles. The summed E-state index contributed by atoms with van der Waals surface area (Å²) < 4.78 is 1.84. The van der Waals surface area contributed by atoms with Crippen molar-refractivity contribution in [3.05, 3.63) is 40.2 Å². The Balaban J connectivity index is 1.60. The second-order valence-corrected chi connectivity index (χ2v) is 8.70. The molecule has 3 rings (SSSR count). The molecule has 158 valence electrons. The van der Waals surface area contributed by atoms with Gasteiger partial charge in [-0.05, 0) is 44.9 Å². The van der Waals surface area contributed by atoms with Gasteiger partial charge in [0.1, 0.15) is 10.8 Å². The number of rotatable bonds is 8. The van der Waals surface area contributed by atoms with Gasteiger partial charge in [-0.3, -0.25) is 14.9 Å². The van der Waals surface area contributed by atoms with Gasteiger partial charge in [0, 0.05) is 12.2 Å². The molecule has 11 heteroatoms. The lowest BCUT2D eigenvalue weighted by molar-refractivity contribution is -0.116. The minimum absolute atomic E-state index is 0.102. The molecule has 2 amide bonds. The van der Waals surface area contributed by atoms with Crippen LogP contribution >= 0.6 is 23.1 Å². The summed E-state index contributed by atoms with van der Waals surface area (Å²) in [7, 11) is 0. The van der Waals surface area contributed by atoms with Crippen LogP contribution in [0.4, 0.5) is 10.8 Å². The quantitative estimate of drug-likeness (QED) is 0.512. The maximum absolute atomic E-state index is 12.5. The van der Waals surface area contributed by atoms with E-state index in [1.54, 1.807) is 0 Å². The van der Waals surface area contributed by atoms with Crippen molar-refractivity contribution in [2.24, 2.45) is 0 Å². The third-order valence-electron chi connectivity index (χ3n) is 4.41. The summed E-state index contributed by atoms with van der Waals surface area (Å²) in [5.74, 6) is 0.358. The molecule has 2 N–H and O–H groups in total. The van der Waals surface area contributed by atoms with E-state index in [0.29, 0.717) is 22.7 Å². The first-order valence-electron chi connectivity index (χ1n) is 9.38. The van der Waals surface area contributed by atoms with E-state index in [2.05, 4.69) is 31.0 Å². The zero-order chi connectivity index (χ0) is 21.7. The highest BCUT2D eigenvalue weighted by atomic mass is 32.2. The van der Waals surface area contributed by atoms with E-state index in [-0.39, 0.29) is 24.0 Å². The topological polar surface area (TPSA) is 115 Å². The number of amides is 2. The molecule has 9 nitrogen and oxygen atoms in total. The van der Waals surface area contributed by atoms with Crippen LogP contribution < -0.4 is 10.6 Å². The van der Waals surface area contributed by atoms with Crippen LogP contribution in [0.25, 0.3) is 0 Å². The first-order chi connectivity index (χ1) is 14.4. The molecule has 0 bridgehead atoms. The average molecular weight is 446 g/mol. The van der Waals surface area contributed by atoms with Crippen LogP contribution in [0.1, 0.15) is 28.9 Å². The fourth-order valence-electron chi connectivity index (χ4n) is 2.73. The van der Waals surface area contributed by atoms with Gasteiger partial charge in [-0.1, -0.05) is 35.2 Å². The molecule has 0 aliphatic rings. The third-order valence-corrected chi connectivity index (χ3v) is 6.13. The Labute approximate surface area is 182 Å². The summed E-state index contributed by atoms with van der Waals surface area (Å²) in [5.41, 5.74) is 2.95. The lowest BCUT2D eigenvalue weighted by atomic mass is 10.1. The van der Waals surface area contributed by atoms with Crippen molar-refractivity contribution in [2.75, 3.05) is 16.4 Å². The second-order valence-electron chi connectivity index (χ2n) is 6.58. The van der Waals surface area contributed by atoms with Crippen LogP contribution in [0.2, 0.25) is 0 Å². The Morgan fingerprint density at radius 3 is 2.57 bits per heavy atom. The van der Waals surface area contributed by atoms with Gasteiger partial charge >= 0.3 is 0 Å². The van der Waals surface area contributed by atoms with E-state index >= 15 is 0 Å². The lowest BCUT2D eigenvalue weighted by Crippen LogP contribution is -2.18. The fourth-order valence-corrected chi connectivity index (χ4v) is 4.16. The molecule has 2 heterocycles. The fraction of sp³-hybridized carbons (Fsp3) is 0.368. The number of carbonyl (C=O) groups excluding carboxylic acids is 2. The number of anilines is 2. The van der Waals surface area contributed by atoms with Crippen molar-refractivity contribution in [3.8, 4) is 0 Å². The Morgan fingerprint density at radius 1 is 1.07 bits per heavy atom. The standard InChI is InChI=1S/C19H23N7O2S2/c1-5-26-15(9-16(27)20-14-8-6-7-11(2)12(14)3)23-25-19(26)29-10-17(28)21-18-24-22-13(4)30-18/h6-8H,5,9-10H2,1-4H3,(H,20,27)(H,21,24,28). The zero-order valence-electron chi connectivity index (χ0n) is 17.2. The molecule has 0 fully saturated rings. The lowest BCUT2D eigenvalue weighted by Gasteiger charge is -2.11. The number of aromatic nitrogens is 5. The number of thioether (sulfide) groups is 1. The molecule has 0 spiro atoms. The summed E-state index contributed by atoms with van der Waals surface area (Å²) in [6.45, 7) is 8.35. The number of benzene rings is 1. The number of nitrogens with zero attached hydrogens (tertiary/aromatic N) is 5. The number of carbonyl (C=O) groups is 2. The van der Waals surface area contributed by atoms with Crippen LogP contribution in [0, 0.1) is 20.8 Å². The molecule has 0 saturated heterocycles. The first-order valence-corrected chi connectivity index (χ1v) is 11.2. The van der Waals surface area contributed by atoms with Crippen LogP contribution in [0.5, 0.6) is 0 Å². The SMILES string of the molecule is CCn1c(CC(=O)Nc2cccc(C)c2C)nnc1SCC(=O)Nc1nnc(C)s1. The van der Waals surface area contributed by atoms with E-state index in [1.807, 2.05) is 50.5 Å². The molecule has 0 atom stereocenters. The normalized spacial score (nSPS) is 10.8. The number of aryl methyl sites for hydroxylation is 2. The Bertz CT molecular complexity index is 1060. The van der Waals surface area contributed by atoms with Crippen LogP contribution in [0.3, 0.4) is 0 Å². The maximum atomic E-state index is 12.5. The van der Waals surface area contributed by atoms with Gasteiger partial charge in [0.15, 0.2) is 5.16 Å². The molecule has 1 aromatic carbocycles. The minimum Gasteiger partial charge on any atom is -0.325 e. The Morgan fingerprint density at radius 2 is 1.87 bits per heavy atom. The van der Waals surface area contributed by atoms with Gasteiger partial charge in [-0.15, -0.1) is 20.4 Å². The largest absolute Gasteiger partial charge is 0.325 e. The highest BCUT2D eigenvalue weighted by Gasteiger charge is 2.17. The molecule has 0 aliphatic heterocycles. The van der Waals surface area contributed by atoms with E-state index < -0.39 is 0 Å². The maximum Gasteiger partial charge on any atom is 0.236 e. The Kier molecular flexibility index (Phi) is 7.16. The number of nitrogens with one attached hydrogen (secondary N) is 2. The molecular formula is C19H23N7O2S2. The molecule has 0 aliphatic carbocycles. The van der Waals surface area contributed by atoms with Gasteiger partial charge in [0.05, 0.1) is 12.2 Å². The van der Waals surface area contributed by atoms with Crippen molar-refractivity contribution in [1.82, 2.24) is 25.0 Å². The van der Waals surface area contributed by atoms with Gasteiger partial charge < -0.3 is 9.88 Å². The van der Waals surface area contributed by atoms with Crippen molar-refractivity contribution in [1.29, 1.82) is 0 Å². The average Bonchev–Trinajstić information content (AvgIpc) is 3.29. The molecule has 3 aromatic rings. The van der Waals surface area contributed by atoms with Crippen LogP contribution in [0.15, 0.2) is 23.4 Å². The van der Waals surface area contributed by atoms with Gasteiger partial charge in [0.25, 0.3) is 0 Å². The van der Waals surface area contributed by atoms with E-state index in [9.17, 15) is 9.59 Å². The van der Waals surface area contributed by atoms with Gasteiger partial charge in [-0.25, -0.2) is 0 Å². The molecule has 0 saturated carbocycles. The van der Waals surface area contributed by atoms with Crippen molar-refractivity contribution in [2.45, 2.75) is 45.8 Å². The summed E-state index contributed by atoms with van der Waals surface area (Å²) in [6.07, 6.45) is 0.102. The van der Waals surface area contributed by atoms with Gasteiger partial charge in [0.2, 0.25) is 16.9 Å². The molecule has 0 radical (unpaired) electrons. The highest BCUT2D eigenvalue weighted by Crippen LogP contribution is 2.21. The van der Waals surface area contributed by atoms with Crippen LogP contribution in [-0.2, 0) is 22.6 Å². The van der Waals surface area contributed by atoms with Gasteiger partial charge in [-0.2, -0.15) is 0 Å². The van der Waals surface area contributed by atoms with E-state index in [4.69, 9.17) is 0 Å². The predicted octanol–water partition coefficient (Wildman–Crippen LogP) is 2.99. The predicted molar refractivity (Wildman–Crippen MR) is 118 cm³/mol. The third kappa shape index (κ3) is 5.42. The Hall–Kier alpha value is -2.79. The van der Waals surface area contributed by atoms with Crippen molar-refractivity contribution >= 4 is 45.7 Å². The second kappa shape index (κ2) is 9.81.